The lowest BCUT2D eigenvalue weighted by Crippen LogP contribution is -2.28. The van der Waals surface area contributed by atoms with Crippen LogP contribution in [0.15, 0.2) is 47.4 Å². The number of amides is 1. The van der Waals surface area contributed by atoms with Crippen LogP contribution in [0, 0.1) is 6.92 Å². The maximum absolute atomic E-state index is 12.6. The first-order valence-corrected chi connectivity index (χ1v) is 9.87. The van der Waals surface area contributed by atoms with E-state index in [0.29, 0.717) is 23.8 Å². The van der Waals surface area contributed by atoms with Gasteiger partial charge in [-0.3, -0.25) is 4.79 Å². The van der Waals surface area contributed by atoms with Gasteiger partial charge in [0.05, 0.1) is 15.6 Å². The van der Waals surface area contributed by atoms with E-state index >= 15 is 0 Å². The number of aryl methyl sites for hydroxylation is 1. The summed E-state index contributed by atoms with van der Waals surface area (Å²) in [6, 6.07) is 11.4. The van der Waals surface area contributed by atoms with E-state index in [4.69, 9.17) is 11.6 Å². The second-order valence-corrected chi connectivity index (χ2v) is 8.42. The molecular weight excluding hydrogens is 360 g/mol. The van der Waals surface area contributed by atoms with Crippen molar-refractivity contribution in [2.45, 2.75) is 24.7 Å². The summed E-state index contributed by atoms with van der Waals surface area (Å²) in [6.45, 7) is 2.96. The third-order valence-electron chi connectivity index (χ3n) is 4.17. The average Bonchev–Trinajstić information content (AvgIpc) is 3.13. The summed E-state index contributed by atoms with van der Waals surface area (Å²) in [4.78, 5) is 12.6. The largest absolute Gasteiger partial charge is 0.321 e. The molecule has 7 heteroatoms. The fourth-order valence-electron chi connectivity index (χ4n) is 2.79. The maximum Gasteiger partial charge on any atom is 0.255 e. The van der Waals surface area contributed by atoms with Crippen LogP contribution in [0.5, 0.6) is 0 Å². The highest BCUT2D eigenvalue weighted by Crippen LogP contribution is 2.25. The molecule has 1 aliphatic rings. The predicted molar refractivity (Wildman–Crippen MR) is 98.6 cm³/mol. The summed E-state index contributed by atoms with van der Waals surface area (Å²) in [5.74, 6) is -0.399. The number of halogens is 1. The SMILES string of the molecule is Cc1ccc(NC(=O)c2cccc(S(=O)(=O)N3CCCC3)c2)c(Cl)c1. The third-order valence-corrected chi connectivity index (χ3v) is 6.38. The molecule has 2 aromatic rings. The van der Waals surface area contributed by atoms with Crippen molar-refractivity contribution in [1.82, 2.24) is 4.31 Å². The van der Waals surface area contributed by atoms with Gasteiger partial charge in [-0.1, -0.05) is 23.7 Å². The van der Waals surface area contributed by atoms with Gasteiger partial charge in [0.25, 0.3) is 5.91 Å². The molecule has 1 N–H and O–H groups in total. The zero-order valence-electron chi connectivity index (χ0n) is 13.8. The first-order valence-electron chi connectivity index (χ1n) is 8.05. The van der Waals surface area contributed by atoms with Crippen molar-refractivity contribution in [2.75, 3.05) is 18.4 Å². The van der Waals surface area contributed by atoms with Crippen LogP contribution in [0.1, 0.15) is 28.8 Å². The second kappa shape index (κ2) is 7.15. The molecule has 0 atom stereocenters. The molecule has 3 rings (SSSR count). The maximum atomic E-state index is 12.6. The van der Waals surface area contributed by atoms with Gasteiger partial charge in [-0.15, -0.1) is 0 Å². The molecule has 0 radical (unpaired) electrons. The molecule has 1 saturated heterocycles. The minimum atomic E-state index is -3.55. The number of anilines is 1. The van der Waals surface area contributed by atoms with E-state index in [-0.39, 0.29) is 10.5 Å². The van der Waals surface area contributed by atoms with E-state index < -0.39 is 15.9 Å². The number of rotatable bonds is 4. The van der Waals surface area contributed by atoms with Crippen LogP contribution >= 0.6 is 11.6 Å². The minimum Gasteiger partial charge on any atom is -0.321 e. The van der Waals surface area contributed by atoms with Gasteiger partial charge in [-0.05, 0) is 55.7 Å². The summed E-state index contributed by atoms with van der Waals surface area (Å²) >= 11 is 6.13. The van der Waals surface area contributed by atoms with Crippen LogP contribution < -0.4 is 5.32 Å². The first-order chi connectivity index (χ1) is 11.9. The van der Waals surface area contributed by atoms with Crippen molar-refractivity contribution in [3.63, 3.8) is 0 Å². The zero-order valence-corrected chi connectivity index (χ0v) is 15.4. The highest BCUT2D eigenvalue weighted by Gasteiger charge is 2.27. The van der Waals surface area contributed by atoms with Crippen molar-refractivity contribution < 1.29 is 13.2 Å². The van der Waals surface area contributed by atoms with E-state index in [0.717, 1.165) is 18.4 Å². The van der Waals surface area contributed by atoms with Crippen molar-refractivity contribution >= 4 is 33.2 Å². The van der Waals surface area contributed by atoms with E-state index in [2.05, 4.69) is 5.32 Å². The zero-order chi connectivity index (χ0) is 18.0. The molecule has 0 unspecified atom stereocenters. The Morgan fingerprint density at radius 3 is 2.52 bits per heavy atom. The fraction of sp³-hybridized carbons (Fsp3) is 0.278. The number of carbonyl (C=O) groups excluding carboxylic acids is 1. The van der Waals surface area contributed by atoms with Crippen LogP contribution in [-0.2, 0) is 10.0 Å². The van der Waals surface area contributed by atoms with E-state index in [9.17, 15) is 13.2 Å². The Labute approximate surface area is 152 Å². The molecular formula is C18H19ClN2O3S. The van der Waals surface area contributed by atoms with Gasteiger partial charge >= 0.3 is 0 Å². The first kappa shape index (κ1) is 17.9. The van der Waals surface area contributed by atoms with Gasteiger partial charge in [0.15, 0.2) is 0 Å². The van der Waals surface area contributed by atoms with Crippen molar-refractivity contribution in [3.8, 4) is 0 Å². The number of hydrogen-bond donors (Lipinski definition) is 1. The van der Waals surface area contributed by atoms with Gasteiger partial charge in [-0.25, -0.2) is 8.42 Å². The Bertz CT molecular complexity index is 906. The third kappa shape index (κ3) is 3.86. The van der Waals surface area contributed by atoms with Crippen molar-refractivity contribution in [3.05, 3.63) is 58.6 Å². The van der Waals surface area contributed by atoms with Crippen LogP contribution in [0.4, 0.5) is 5.69 Å². The smallest absolute Gasteiger partial charge is 0.255 e. The monoisotopic (exact) mass is 378 g/mol. The van der Waals surface area contributed by atoms with Gasteiger partial charge < -0.3 is 5.32 Å². The predicted octanol–water partition coefficient (Wildman–Crippen LogP) is 3.69. The van der Waals surface area contributed by atoms with Crippen molar-refractivity contribution in [1.29, 1.82) is 0 Å². The molecule has 1 aliphatic heterocycles. The number of hydrogen-bond acceptors (Lipinski definition) is 3. The Hall–Kier alpha value is -1.89. The second-order valence-electron chi connectivity index (χ2n) is 6.08. The Balaban J connectivity index is 1.84. The Morgan fingerprint density at radius 1 is 1.12 bits per heavy atom. The number of carbonyl (C=O) groups is 1. The molecule has 0 aliphatic carbocycles. The summed E-state index contributed by atoms with van der Waals surface area (Å²) in [5.41, 5.74) is 1.75. The molecule has 0 bridgehead atoms. The summed E-state index contributed by atoms with van der Waals surface area (Å²) in [6.07, 6.45) is 1.73. The van der Waals surface area contributed by atoms with Gasteiger partial charge in [0.2, 0.25) is 10.0 Å². The van der Waals surface area contributed by atoms with Crippen LogP contribution in [0.2, 0.25) is 5.02 Å². The molecule has 5 nitrogen and oxygen atoms in total. The number of sulfonamides is 1. The van der Waals surface area contributed by atoms with Gasteiger partial charge in [0.1, 0.15) is 0 Å². The normalized spacial score (nSPS) is 15.3. The molecule has 1 fully saturated rings. The highest BCUT2D eigenvalue weighted by molar-refractivity contribution is 7.89. The molecule has 132 valence electrons. The van der Waals surface area contributed by atoms with E-state index in [1.807, 2.05) is 13.0 Å². The van der Waals surface area contributed by atoms with Gasteiger partial charge in [-0.2, -0.15) is 4.31 Å². The quantitative estimate of drug-likeness (QED) is 0.882. The molecule has 2 aromatic carbocycles. The Morgan fingerprint density at radius 2 is 1.84 bits per heavy atom. The van der Waals surface area contributed by atoms with Crippen LogP contribution in [-0.4, -0.2) is 31.7 Å². The van der Waals surface area contributed by atoms with Crippen molar-refractivity contribution in [2.24, 2.45) is 0 Å². The lowest BCUT2D eigenvalue weighted by Gasteiger charge is -2.16. The van der Waals surface area contributed by atoms with Crippen LogP contribution in [0.3, 0.4) is 0 Å². The molecule has 0 spiro atoms. The lowest BCUT2D eigenvalue weighted by atomic mass is 10.2. The molecule has 25 heavy (non-hydrogen) atoms. The van der Waals surface area contributed by atoms with E-state index in [1.165, 1.54) is 16.4 Å². The molecule has 1 heterocycles. The topological polar surface area (TPSA) is 66.5 Å². The highest BCUT2D eigenvalue weighted by atomic mass is 35.5. The number of nitrogens with zero attached hydrogens (tertiary/aromatic N) is 1. The standard InChI is InChI=1S/C18H19ClN2O3S/c1-13-7-8-17(16(19)11-13)20-18(22)14-5-4-6-15(12-14)25(23,24)21-9-2-3-10-21/h4-8,11-12H,2-3,9-10H2,1H3,(H,20,22). The fourth-order valence-corrected chi connectivity index (χ4v) is 4.64. The molecule has 0 saturated carbocycles. The Kier molecular flexibility index (Phi) is 5.13. The minimum absolute atomic E-state index is 0.136. The van der Waals surface area contributed by atoms with Gasteiger partial charge in [0, 0.05) is 18.7 Å². The molecule has 0 aromatic heterocycles. The number of benzene rings is 2. The lowest BCUT2D eigenvalue weighted by molar-refractivity contribution is 0.102. The van der Waals surface area contributed by atoms with Crippen LogP contribution in [0.25, 0.3) is 0 Å². The molecule has 1 amide bonds. The number of nitrogens with one attached hydrogen (secondary N) is 1. The van der Waals surface area contributed by atoms with E-state index in [1.54, 1.807) is 24.3 Å². The summed E-state index contributed by atoms with van der Waals surface area (Å²) in [5, 5.41) is 3.16. The average molecular weight is 379 g/mol. The summed E-state index contributed by atoms with van der Waals surface area (Å²) in [7, 11) is -3.55. The summed E-state index contributed by atoms with van der Waals surface area (Å²) < 4.78 is 26.7.